The summed E-state index contributed by atoms with van der Waals surface area (Å²) < 4.78 is 0. The van der Waals surface area contributed by atoms with Crippen LogP contribution >= 0.6 is 12.4 Å². The molecular weight excluding hydrogens is 316 g/mol. The molecular formula is C16H23ClN4O2. The summed E-state index contributed by atoms with van der Waals surface area (Å²) in [6, 6.07) is 7.08. The Bertz CT molecular complexity index is 577. The molecule has 0 aromatic heterocycles. The highest BCUT2D eigenvalue weighted by Crippen LogP contribution is 2.31. The molecule has 1 aliphatic carbocycles. The van der Waals surface area contributed by atoms with Crippen molar-refractivity contribution in [1.82, 2.24) is 10.6 Å². The second-order valence-corrected chi connectivity index (χ2v) is 6.00. The summed E-state index contributed by atoms with van der Waals surface area (Å²) in [4.78, 5) is 25.8. The number of nitrogens with zero attached hydrogens (tertiary/aromatic N) is 1. The monoisotopic (exact) mass is 338 g/mol. The average molecular weight is 339 g/mol. The number of amides is 3. The van der Waals surface area contributed by atoms with Gasteiger partial charge >= 0.3 is 6.03 Å². The molecule has 2 aliphatic rings. The summed E-state index contributed by atoms with van der Waals surface area (Å²) in [6.45, 7) is 1.87. The summed E-state index contributed by atoms with van der Waals surface area (Å²) in [5.41, 5.74) is 7.30. The highest BCUT2D eigenvalue weighted by molar-refractivity contribution is 5.97. The summed E-state index contributed by atoms with van der Waals surface area (Å²) in [6.07, 6.45) is 3.23. The van der Waals surface area contributed by atoms with E-state index in [1.54, 1.807) is 23.1 Å². The Hall–Kier alpha value is -1.79. The Kier molecular flexibility index (Phi) is 5.85. The second kappa shape index (κ2) is 7.66. The predicted octanol–water partition coefficient (Wildman–Crippen LogP) is 1.50. The first kappa shape index (κ1) is 17.6. The number of carbonyl (C=O) groups is 2. The molecule has 1 heterocycles. The lowest BCUT2D eigenvalue weighted by Gasteiger charge is -2.27. The fourth-order valence-corrected chi connectivity index (χ4v) is 2.69. The molecule has 23 heavy (non-hydrogen) atoms. The summed E-state index contributed by atoms with van der Waals surface area (Å²) in [7, 11) is 0. The average Bonchev–Trinajstić information content (AvgIpc) is 3.38. The van der Waals surface area contributed by atoms with Gasteiger partial charge in [-0.05, 0) is 43.4 Å². The smallest absolute Gasteiger partial charge is 0.321 e. The molecule has 1 aromatic rings. The lowest BCUT2D eigenvalue weighted by molar-refractivity contribution is 0.0950. The van der Waals surface area contributed by atoms with Gasteiger partial charge in [0.25, 0.3) is 5.91 Å². The van der Waals surface area contributed by atoms with Crippen molar-refractivity contribution >= 4 is 30.0 Å². The molecule has 1 unspecified atom stereocenters. The van der Waals surface area contributed by atoms with Gasteiger partial charge in [0.2, 0.25) is 0 Å². The molecule has 0 bridgehead atoms. The number of hydrogen-bond donors (Lipinski definition) is 3. The van der Waals surface area contributed by atoms with Crippen LogP contribution in [0.2, 0.25) is 0 Å². The van der Waals surface area contributed by atoms with Crippen LogP contribution in [0.3, 0.4) is 0 Å². The number of benzene rings is 1. The molecule has 4 N–H and O–H groups in total. The maximum Gasteiger partial charge on any atom is 0.321 e. The lowest BCUT2D eigenvalue weighted by atomic mass is 10.1. The van der Waals surface area contributed by atoms with Crippen molar-refractivity contribution in [3.05, 3.63) is 29.8 Å². The van der Waals surface area contributed by atoms with Crippen molar-refractivity contribution in [2.24, 2.45) is 11.7 Å². The van der Waals surface area contributed by atoms with Gasteiger partial charge in [-0.25, -0.2) is 4.79 Å². The Labute approximate surface area is 142 Å². The minimum atomic E-state index is -0.143. The normalized spacial score (nSPS) is 18.7. The third-order valence-corrected chi connectivity index (χ3v) is 4.23. The first-order chi connectivity index (χ1) is 10.6. The lowest BCUT2D eigenvalue weighted by Crippen LogP contribution is -2.46. The van der Waals surface area contributed by atoms with Gasteiger partial charge in [0, 0.05) is 36.9 Å². The van der Waals surface area contributed by atoms with Gasteiger partial charge in [0.15, 0.2) is 0 Å². The molecule has 1 saturated heterocycles. The third-order valence-electron chi connectivity index (χ3n) is 4.23. The van der Waals surface area contributed by atoms with E-state index in [9.17, 15) is 9.59 Å². The molecule has 2 fully saturated rings. The number of halogens is 1. The summed E-state index contributed by atoms with van der Waals surface area (Å²) >= 11 is 0. The van der Waals surface area contributed by atoms with E-state index in [0.29, 0.717) is 31.1 Å². The van der Waals surface area contributed by atoms with Gasteiger partial charge in [-0.1, -0.05) is 6.07 Å². The first-order valence-electron chi connectivity index (χ1n) is 7.84. The molecule has 0 radical (unpaired) electrons. The van der Waals surface area contributed by atoms with E-state index in [0.717, 1.165) is 24.9 Å². The van der Waals surface area contributed by atoms with Crippen LogP contribution in [-0.2, 0) is 0 Å². The highest BCUT2D eigenvalue weighted by Gasteiger charge is 2.28. The minimum Gasteiger partial charge on any atom is -0.350 e. The van der Waals surface area contributed by atoms with E-state index in [4.69, 9.17) is 5.73 Å². The van der Waals surface area contributed by atoms with E-state index in [2.05, 4.69) is 10.6 Å². The van der Waals surface area contributed by atoms with Gasteiger partial charge in [0.1, 0.15) is 0 Å². The Morgan fingerprint density at radius 1 is 1.43 bits per heavy atom. The molecule has 3 rings (SSSR count). The fraction of sp³-hybridized carbons (Fsp3) is 0.500. The van der Waals surface area contributed by atoms with Gasteiger partial charge in [-0.15, -0.1) is 12.4 Å². The topological polar surface area (TPSA) is 87.5 Å². The van der Waals surface area contributed by atoms with Crippen LogP contribution in [0.15, 0.2) is 24.3 Å². The highest BCUT2D eigenvalue weighted by atomic mass is 35.5. The van der Waals surface area contributed by atoms with Crippen LogP contribution in [-0.4, -0.2) is 37.6 Å². The number of hydrogen-bond acceptors (Lipinski definition) is 3. The van der Waals surface area contributed by atoms with Crippen molar-refractivity contribution in [3.63, 3.8) is 0 Å². The Morgan fingerprint density at radius 2 is 2.22 bits per heavy atom. The summed E-state index contributed by atoms with van der Waals surface area (Å²) in [5.74, 6) is 0.416. The largest absolute Gasteiger partial charge is 0.350 e. The van der Waals surface area contributed by atoms with Crippen LogP contribution in [0.1, 0.15) is 29.6 Å². The van der Waals surface area contributed by atoms with Crippen molar-refractivity contribution in [3.8, 4) is 0 Å². The molecule has 1 atom stereocenters. The summed E-state index contributed by atoms with van der Waals surface area (Å²) in [5, 5.41) is 5.69. The molecule has 7 heteroatoms. The molecule has 1 aromatic carbocycles. The van der Waals surface area contributed by atoms with Crippen molar-refractivity contribution < 1.29 is 9.59 Å². The zero-order valence-electron chi connectivity index (χ0n) is 13.0. The predicted molar refractivity (Wildman–Crippen MR) is 92.1 cm³/mol. The number of carbonyl (C=O) groups excluding carboxylic acids is 2. The third kappa shape index (κ3) is 4.36. The van der Waals surface area contributed by atoms with Gasteiger partial charge in [0.05, 0.1) is 0 Å². The van der Waals surface area contributed by atoms with E-state index >= 15 is 0 Å². The first-order valence-corrected chi connectivity index (χ1v) is 7.84. The van der Waals surface area contributed by atoms with E-state index in [1.807, 2.05) is 6.07 Å². The molecule has 3 amide bonds. The van der Waals surface area contributed by atoms with E-state index in [1.165, 1.54) is 0 Å². The zero-order chi connectivity index (χ0) is 15.5. The quantitative estimate of drug-likeness (QED) is 0.760. The van der Waals surface area contributed by atoms with Gasteiger partial charge in [-0.3, -0.25) is 9.69 Å². The standard InChI is InChI=1S/C16H22N4O2.ClH/c17-14(11-5-6-11)10-19-15(21)12-3-1-4-13(9-12)20-8-2-7-18-16(20)22;/h1,3-4,9,11,14H,2,5-8,10,17H2,(H,18,22)(H,19,21);1H. The number of nitrogens with two attached hydrogens (primary N) is 1. The fourth-order valence-electron chi connectivity index (χ4n) is 2.69. The van der Waals surface area contributed by atoms with Gasteiger partial charge in [-0.2, -0.15) is 0 Å². The van der Waals surface area contributed by atoms with Crippen molar-refractivity contribution in [2.75, 3.05) is 24.5 Å². The molecule has 0 spiro atoms. The zero-order valence-corrected chi connectivity index (χ0v) is 13.8. The SMILES string of the molecule is Cl.NC(CNC(=O)c1cccc(N2CCCNC2=O)c1)C1CC1. The van der Waals surface area contributed by atoms with Gasteiger partial charge < -0.3 is 16.4 Å². The van der Waals surface area contributed by atoms with Crippen LogP contribution in [0.25, 0.3) is 0 Å². The number of rotatable bonds is 5. The van der Waals surface area contributed by atoms with Crippen LogP contribution < -0.4 is 21.3 Å². The Morgan fingerprint density at radius 3 is 2.91 bits per heavy atom. The van der Waals surface area contributed by atoms with Crippen molar-refractivity contribution in [2.45, 2.75) is 25.3 Å². The molecule has 1 aliphatic heterocycles. The number of nitrogens with one attached hydrogen (secondary N) is 2. The van der Waals surface area contributed by atoms with Crippen molar-refractivity contribution in [1.29, 1.82) is 0 Å². The van der Waals surface area contributed by atoms with E-state index < -0.39 is 0 Å². The molecule has 6 nitrogen and oxygen atoms in total. The van der Waals surface area contributed by atoms with Crippen LogP contribution in [0, 0.1) is 5.92 Å². The molecule has 126 valence electrons. The second-order valence-electron chi connectivity index (χ2n) is 6.00. The number of anilines is 1. The molecule has 1 saturated carbocycles. The van der Waals surface area contributed by atoms with Crippen LogP contribution in [0.4, 0.5) is 10.5 Å². The van der Waals surface area contributed by atoms with E-state index in [-0.39, 0.29) is 30.4 Å². The maximum atomic E-state index is 12.2. The maximum absolute atomic E-state index is 12.2. The number of urea groups is 1. The Balaban J connectivity index is 0.00000192. The minimum absolute atomic E-state index is 0. The van der Waals surface area contributed by atoms with Crippen LogP contribution in [0.5, 0.6) is 0 Å².